The van der Waals surface area contributed by atoms with Crippen molar-refractivity contribution in [1.29, 1.82) is 0 Å². The highest BCUT2D eigenvalue weighted by Gasteiger charge is 2.04. The summed E-state index contributed by atoms with van der Waals surface area (Å²) in [6.45, 7) is 0.426. The number of hydrogen-bond acceptors (Lipinski definition) is 5. The number of nitrogen functional groups attached to an aromatic ring is 2. The average molecular weight is 299 g/mol. The third-order valence-corrected chi connectivity index (χ3v) is 3.17. The molecule has 1 heterocycles. The molecule has 1 aromatic heterocycles. The lowest BCUT2D eigenvalue weighted by atomic mass is 10.2. The summed E-state index contributed by atoms with van der Waals surface area (Å²) in [5, 5.41) is 1.05. The van der Waals surface area contributed by atoms with Crippen LogP contribution in [0.3, 0.4) is 0 Å². The second-order valence-corrected chi connectivity index (χ2v) is 4.64. The Morgan fingerprint density at radius 3 is 2.63 bits per heavy atom. The largest absolute Gasteiger partial charge is 0.488 e. The summed E-state index contributed by atoms with van der Waals surface area (Å²) >= 11 is 11.8. The molecule has 5 nitrogen and oxygen atoms in total. The number of aromatic nitrogens is 2. The van der Waals surface area contributed by atoms with E-state index in [2.05, 4.69) is 9.97 Å². The van der Waals surface area contributed by atoms with Gasteiger partial charge in [0.2, 0.25) is 5.95 Å². The summed E-state index contributed by atoms with van der Waals surface area (Å²) in [5.41, 5.74) is 12.1. The van der Waals surface area contributed by atoms with Crippen LogP contribution in [0.5, 0.6) is 5.75 Å². The van der Waals surface area contributed by atoms with Crippen LogP contribution in [-0.4, -0.2) is 16.6 Å². The monoisotopic (exact) mass is 298 g/mol. The molecule has 0 atom stereocenters. The molecular formula is C12H12Cl2N4O. The highest BCUT2D eigenvalue weighted by atomic mass is 35.5. The van der Waals surface area contributed by atoms with Crippen LogP contribution < -0.4 is 16.2 Å². The number of ether oxygens (including phenoxy) is 1. The van der Waals surface area contributed by atoms with Crippen molar-refractivity contribution in [3.05, 3.63) is 40.0 Å². The van der Waals surface area contributed by atoms with E-state index in [4.69, 9.17) is 39.4 Å². The van der Waals surface area contributed by atoms with Crippen molar-refractivity contribution >= 4 is 35.0 Å². The van der Waals surface area contributed by atoms with Gasteiger partial charge < -0.3 is 16.2 Å². The summed E-state index contributed by atoms with van der Waals surface area (Å²) in [7, 11) is 0. The molecule has 0 spiro atoms. The zero-order chi connectivity index (χ0) is 13.8. The second-order valence-electron chi connectivity index (χ2n) is 3.82. The smallest absolute Gasteiger partial charge is 0.222 e. The molecule has 0 aliphatic heterocycles. The van der Waals surface area contributed by atoms with E-state index in [-0.39, 0.29) is 11.8 Å². The van der Waals surface area contributed by atoms with Gasteiger partial charge in [-0.05, 0) is 17.7 Å². The van der Waals surface area contributed by atoms with Crippen LogP contribution >= 0.6 is 23.2 Å². The molecular weight excluding hydrogens is 287 g/mol. The van der Waals surface area contributed by atoms with Gasteiger partial charge in [0, 0.05) is 6.42 Å². The molecule has 0 amide bonds. The molecule has 0 saturated heterocycles. The number of halogens is 2. The summed E-state index contributed by atoms with van der Waals surface area (Å²) in [4.78, 5) is 7.62. The summed E-state index contributed by atoms with van der Waals surface area (Å²) in [6.07, 6.45) is 2.12. The minimum absolute atomic E-state index is 0.120. The molecule has 100 valence electrons. The van der Waals surface area contributed by atoms with Crippen LogP contribution in [0.4, 0.5) is 11.8 Å². The van der Waals surface area contributed by atoms with Crippen molar-refractivity contribution in [1.82, 2.24) is 9.97 Å². The van der Waals surface area contributed by atoms with Crippen LogP contribution in [0, 0.1) is 0 Å². The van der Waals surface area contributed by atoms with Crippen molar-refractivity contribution in [2.24, 2.45) is 0 Å². The van der Waals surface area contributed by atoms with E-state index in [9.17, 15) is 0 Å². The number of nitrogens with two attached hydrogens (primary N) is 2. The number of nitrogens with zero attached hydrogens (tertiary/aromatic N) is 2. The van der Waals surface area contributed by atoms with Gasteiger partial charge in [-0.15, -0.1) is 0 Å². The summed E-state index contributed by atoms with van der Waals surface area (Å²) in [5.74, 6) is 0.755. The molecule has 1 aromatic carbocycles. The van der Waals surface area contributed by atoms with Crippen LogP contribution in [0.1, 0.15) is 5.56 Å². The Labute approximate surface area is 120 Å². The molecule has 4 N–H and O–H groups in total. The third-order valence-electron chi connectivity index (χ3n) is 2.43. The third kappa shape index (κ3) is 3.62. The molecule has 0 unspecified atom stereocenters. The minimum Gasteiger partial charge on any atom is -0.488 e. The first-order valence-electron chi connectivity index (χ1n) is 5.51. The molecule has 7 heteroatoms. The lowest BCUT2D eigenvalue weighted by Crippen LogP contribution is -2.06. The molecule has 19 heavy (non-hydrogen) atoms. The first-order valence-corrected chi connectivity index (χ1v) is 6.26. The Kier molecular flexibility index (Phi) is 4.29. The van der Waals surface area contributed by atoms with Crippen molar-refractivity contribution in [2.45, 2.75) is 6.42 Å². The first-order chi connectivity index (χ1) is 9.06. The molecule has 2 aromatic rings. The maximum Gasteiger partial charge on any atom is 0.222 e. The quantitative estimate of drug-likeness (QED) is 0.906. The fraction of sp³-hybridized carbons (Fsp3) is 0.167. The normalized spacial score (nSPS) is 10.4. The van der Waals surface area contributed by atoms with Crippen molar-refractivity contribution in [2.75, 3.05) is 18.1 Å². The van der Waals surface area contributed by atoms with Gasteiger partial charge in [-0.3, -0.25) is 0 Å². The van der Waals surface area contributed by atoms with Crippen LogP contribution in [0.15, 0.2) is 24.4 Å². The van der Waals surface area contributed by atoms with E-state index in [0.29, 0.717) is 28.8 Å². The number of rotatable bonds is 4. The van der Waals surface area contributed by atoms with Gasteiger partial charge in [-0.1, -0.05) is 29.3 Å². The van der Waals surface area contributed by atoms with Crippen LogP contribution in [0.2, 0.25) is 10.0 Å². The maximum atomic E-state index is 5.93. The van der Waals surface area contributed by atoms with E-state index in [1.54, 1.807) is 12.1 Å². The lowest BCUT2D eigenvalue weighted by molar-refractivity contribution is 0.321. The lowest BCUT2D eigenvalue weighted by Gasteiger charge is -2.08. The van der Waals surface area contributed by atoms with Crippen molar-refractivity contribution in [3.63, 3.8) is 0 Å². The predicted octanol–water partition coefficient (Wildman–Crippen LogP) is 2.57. The van der Waals surface area contributed by atoms with Crippen LogP contribution in [0.25, 0.3) is 0 Å². The molecule has 0 saturated carbocycles. The number of anilines is 2. The van der Waals surface area contributed by atoms with E-state index < -0.39 is 0 Å². The van der Waals surface area contributed by atoms with E-state index >= 15 is 0 Å². The Morgan fingerprint density at radius 1 is 1.16 bits per heavy atom. The zero-order valence-electron chi connectivity index (χ0n) is 9.94. The zero-order valence-corrected chi connectivity index (χ0v) is 11.4. The van der Waals surface area contributed by atoms with Gasteiger partial charge >= 0.3 is 0 Å². The molecule has 0 fully saturated rings. The Bertz CT molecular complexity index is 592. The standard InChI is InChI=1S/C12H12Cl2N4O/c13-8-2-1-7(5-9(8)14)3-4-19-10-6-17-12(16)18-11(10)15/h1-2,5-6H,3-4H2,(H4,15,16,17,18). The summed E-state index contributed by atoms with van der Waals surface area (Å²) < 4.78 is 5.48. The maximum absolute atomic E-state index is 5.93. The van der Waals surface area contributed by atoms with Gasteiger partial charge in [0.15, 0.2) is 11.6 Å². The SMILES string of the molecule is Nc1ncc(OCCc2ccc(Cl)c(Cl)c2)c(N)n1. The van der Waals surface area contributed by atoms with E-state index in [1.807, 2.05) is 6.07 Å². The molecule has 2 rings (SSSR count). The Morgan fingerprint density at radius 2 is 1.95 bits per heavy atom. The van der Waals surface area contributed by atoms with E-state index in [0.717, 1.165) is 5.56 Å². The predicted molar refractivity (Wildman–Crippen MR) is 76.5 cm³/mol. The summed E-state index contributed by atoms with van der Waals surface area (Å²) in [6, 6.07) is 5.44. The van der Waals surface area contributed by atoms with Crippen LogP contribution in [-0.2, 0) is 6.42 Å². The van der Waals surface area contributed by atoms with E-state index in [1.165, 1.54) is 6.20 Å². The number of hydrogen-bond donors (Lipinski definition) is 2. The molecule has 0 radical (unpaired) electrons. The first kappa shape index (κ1) is 13.7. The topological polar surface area (TPSA) is 87.0 Å². The van der Waals surface area contributed by atoms with Gasteiger partial charge in [-0.25, -0.2) is 4.98 Å². The molecule has 0 aliphatic rings. The van der Waals surface area contributed by atoms with Gasteiger partial charge in [-0.2, -0.15) is 4.98 Å². The van der Waals surface area contributed by atoms with Crippen molar-refractivity contribution in [3.8, 4) is 5.75 Å². The minimum atomic E-state index is 0.120. The molecule has 0 aliphatic carbocycles. The van der Waals surface area contributed by atoms with Crippen molar-refractivity contribution < 1.29 is 4.74 Å². The van der Waals surface area contributed by atoms with Gasteiger partial charge in [0.25, 0.3) is 0 Å². The van der Waals surface area contributed by atoms with Gasteiger partial charge in [0.05, 0.1) is 22.8 Å². The fourth-order valence-electron chi connectivity index (χ4n) is 1.48. The van der Waals surface area contributed by atoms with Gasteiger partial charge in [0.1, 0.15) is 0 Å². The highest BCUT2D eigenvalue weighted by Crippen LogP contribution is 2.23. The number of benzene rings is 1. The fourth-order valence-corrected chi connectivity index (χ4v) is 1.80. The molecule has 0 bridgehead atoms. The highest BCUT2D eigenvalue weighted by molar-refractivity contribution is 6.42. The average Bonchev–Trinajstić information content (AvgIpc) is 2.36. The Balaban J connectivity index is 1.94. The second kappa shape index (κ2) is 5.95. The Hall–Kier alpha value is -1.72.